The van der Waals surface area contributed by atoms with E-state index >= 15 is 0 Å². The van der Waals surface area contributed by atoms with Crippen molar-refractivity contribution in [3.05, 3.63) is 6.33 Å². The third-order valence-electron chi connectivity index (χ3n) is 3.86. The number of thioether (sulfide) groups is 1. The minimum absolute atomic E-state index is 0.115. The van der Waals surface area contributed by atoms with Crippen LogP contribution in [-0.4, -0.2) is 78.3 Å². The number of rotatable bonds is 7. The number of aliphatic hydroxyl groups is 2. The Bertz CT molecular complexity index is 1000. The second-order valence-electron chi connectivity index (χ2n) is 5.87. The first kappa shape index (κ1) is 22.6. The van der Waals surface area contributed by atoms with E-state index < -0.39 is 46.4 Å². The van der Waals surface area contributed by atoms with E-state index in [0.29, 0.717) is 5.16 Å². The molecule has 159 valence electrons. The van der Waals surface area contributed by atoms with Crippen molar-refractivity contribution in [3.63, 3.8) is 0 Å². The summed E-state index contributed by atoms with van der Waals surface area (Å²) in [5.74, 6) is 0.115. The van der Waals surface area contributed by atoms with Gasteiger partial charge >= 0.3 is 7.82 Å². The van der Waals surface area contributed by atoms with Crippen LogP contribution in [0.4, 0.5) is 5.82 Å². The fraction of sp³-hybridized carbons (Fsp3) is 0.545. The van der Waals surface area contributed by atoms with E-state index in [2.05, 4.69) is 23.8 Å². The molecule has 3 radical (unpaired) electrons. The quantitative estimate of drug-likeness (QED) is 0.145. The third-order valence-corrected chi connectivity index (χ3v) is 6.68. The highest BCUT2D eigenvalue weighted by Gasteiger charge is 2.44. The lowest BCUT2D eigenvalue weighted by molar-refractivity contribution is -0.0479. The van der Waals surface area contributed by atoms with Crippen LogP contribution in [0.5, 0.6) is 0 Å². The van der Waals surface area contributed by atoms with Crippen molar-refractivity contribution >= 4 is 51.6 Å². The van der Waals surface area contributed by atoms with Crippen LogP contribution in [0, 0.1) is 0 Å². The molecule has 5 atom stereocenters. The Morgan fingerprint density at radius 2 is 2.03 bits per heavy atom. The van der Waals surface area contributed by atoms with E-state index in [0.717, 1.165) is 0 Å². The number of phosphoric acid groups is 1. The van der Waals surface area contributed by atoms with Gasteiger partial charge in [-0.15, -0.1) is 0 Å². The van der Waals surface area contributed by atoms with E-state index in [4.69, 9.17) is 27.8 Å². The first-order valence-electron chi connectivity index (χ1n) is 7.77. The second-order valence-corrected chi connectivity index (χ2v) is 9.62. The summed E-state index contributed by atoms with van der Waals surface area (Å²) in [4.78, 5) is 29.7. The fourth-order valence-electron chi connectivity index (χ4n) is 2.64. The Morgan fingerprint density at radius 1 is 1.34 bits per heavy atom. The Morgan fingerprint density at radius 3 is 2.66 bits per heavy atom. The van der Waals surface area contributed by atoms with Crippen LogP contribution >= 0.6 is 27.1 Å². The van der Waals surface area contributed by atoms with Gasteiger partial charge in [0.25, 0.3) is 0 Å². The lowest BCUT2D eigenvalue weighted by atomic mass is 10.1. The number of nitrogens with zero attached hydrogens (tertiary/aromatic N) is 4. The van der Waals surface area contributed by atoms with Gasteiger partial charge in [0.15, 0.2) is 22.8 Å². The number of hydrogen-bond donors (Lipinski definition) is 5. The van der Waals surface area contributed by atoms with Gasteiger partial charge < -0.3 is 47.1 Å². The summed E-state index contributed by atoms with van der Waals surface area (Å²) < 4.78 is 37.9. The molecule has 0 spiro atoms. The van der Waals surface area contributed by atoms with Crippen molar-refractivity contribution in [3.8, 4) is 0 Å². The zero-order valence-corrected chi connectivity index (χ0v) is 17.3. The number of anilines is 1. The minimum atomic E-state index is -5.17. The van der Waals surface area contributed by atoms with Crippen molar-refractivity contribution in [2.75, 3.05) is 18.6 Å². The lowest BCUT2D eigenvalue weighted by Gasteiger charge is -2.28. The minimum Gasteiger partial charge on any atom is -0.443 e. The van der Waals surface area contributed by atoms with Gasteiger partial charge in [0.05, 0.1) is 20.4 Å². The van der Waals surface area contributed by atoms with Gasteiger partial charge in [-0.3, -0.25) is 4.57 Å². The zero-order chi connectivity index (χ0) is 21.6. The zero-order valence-electron chi connectivity index (χ0n) is 14.7. The van der Waals surface area contributed by atoms with Gasteiger partial charge in [0.1, 0.15) is 23.8 Å². The topological polar surface area (TPSA) is 212 Å². The number of fused-ring (bicyclic) bond motifs is 1. The molecule has 0 aliphatic carbocycles. The summed E-state index contributed by atoms with van der Waals surface area (Å²) in [6.07, 6.45) is -2.41. The number of hydrogen-bond acceptors (Lipinski definition) is 12. The molecule has 0 aromatic carbocycles. The summed E-state index contributed by atoms with van der Waals surface area (Å²) in [7, 11) is -4.73. The van der Waals surface area contributed by atoms with Crippen LogP contribution in [0.3, 0.4) is 0 Å². The van der Waals surface area contributed by atoms with Crippen molar-refractivity contribution in [2.24, 2.45) is 0 Å². The van der Waals surface area contributed by atoms with Crippen LogP contribution in [0.2, 0.25) is 0 Å². The number of imidazole rings is 1. The molecule has 1 aliphatic rings. The molecule has 0 saturated carbocycles. The molecule has 14 nitrogen and oxygen atoms in total. The van der Waals surface area contributed by atoms with E-state index in [9.17, 15) is 19.3 Å². The molecule has 0 bridgehead atoms. The first-order chi connectivity index (χ1) is 13.4. The predicted octanol–water partition coefficient (Wildman–Crippen LogP) is -0.848. The van der Waals surface area contributed by atoms with Crippen LogP contribution in [0.25, 0.3) is 11.2 Å². The van der Waals surface area contributed by atoms with Crippen molar-refractivity contribution in [1.29, 1.82) is 0 Å². The Kier molecular flexibility index (Phi) is 6.42. The second kappa shape index (κ2) is 8.23. The normalized spacial score (nSPS) is 27.4. The van der Waals surface area contributed by atoms with Crippen molar-refractivity contribution in [1.82, 2.24) is 19.5 Å². The van der Waals surface area contributed by atoms with Gasteiger partial charge in [0.2, 0.25) is 0 Å². The molecule has 18 heteroatoms. The van der Waals surface area contributed by atoms with Crippen molar-refractivity contribution in [2.45, 2.75) is 29.7 Å². The molecular weight excluding hydrogens is 451 g/mol. The summed E-state index contributed by atoms with van der Waals surface area (Å²) in [5.41, 5.74) is 6.35. The standard InChI is InChI=1S/C11H16BN5O9P2S/c1-29-11-15-8(13)5-9(16-11)17(3-14-5)10-7(19)6(18)4(25-10)2-24-27(12,20)26-28(21,22)23/h3-4,6-7,10,18-19H,2H2,1H3,(H2,13,15,16)(H2,21,22,23)/q-1/t4-,6-,7-,10-,27-/m1/s1. The molecule has 2 aromatic heterocycles. The molecule has 0 amide bonds. The maximum atomic E-state index is 11.8. The van der Waals surface area contributed by atoms with Gasteiger partial charge in [-0.25, -0.2) is 23.8 Å². The average Bonchev–Trinajstić information content (AvgIpc) is 3.13. The van der Waals surface area contributed by atoms with Gasteiger partial charge in [0, 0.05) is 0 Å². The van der Waals surface area contributed by atoms with Gasteiger partial charge in [-0.2, -0.15) is 0 Å². The molecule has 2 aromatic rings. The van der Waals surface area contributed by atoms with E-state index in [1.165, 1.54) is 22.7 Å². The summed E-state index contributed by atoms with van der Waals surface area (Å²) in [6.45, 7) is -0.692. The third kappa shape index (κ3) is 4.99. The molecule has 3 rings (SSSR count). The number of aromatic nitrogens is 4. The van der Waals surface area contributed by atoms with Crippen molar-refractivity contribution < 1.29 is 42.7 Å². The fourth-order valence-corrected chi connectivity index (χ4v) is 4.74. The maximum Gasteiger partial charge on any atom is 0.474 e. The highest BCUT2D eigenvalue weighted by molar-refractivity contribution is 7.98. The SMILES string of the molecule is [B-][P@@](=O)(OC[C@H]1O[C@@H](n2cnc3c(N)nc(SC)nc32)[C@H](O)[C@@H]1O)OP(=O)(O)O. The van der Waals surface area contributed by atoms with Crippen LogP contribution in [-0.2, 0) is 22.7 Å². The van der Waals surface area contributed by atoms with Crippen LogP contribution < -0.4 is 5.73 Å². The van der Waals surface area contributed by atoms with E-state index in [1.807, 2.05) is 0 Å². The summed E-state index contributed by atoms with van der Waals surface area (Å²) in [5, 5.41) is 20.9. The lowest BCUT2D eigenvalue weighted by Crippen LogP contribution is -2.33. The Hall–Kier alpha value is -1.06. The van der Waals surface area contributed by atoms with Crippen LogP contribution in [0.15, 0.2) is 11.5 Å². The Labute approximate surface area is 168 Å². The molecule has 29 heavy (non-hydrogen) atoms. The average molecular weight is 467 g/mol. The van der Waals surface area contributed by atoms with Gasteiger partial charge in [-0.05, 0) is 6.26 Å². The monoisotopic (exact) mass is 467 g/mol. The first-order valence-corrected chi connectivity index (χ1v) is 12.1. The smallest absolute Gasteiger partial charge is 0.443 e. The number of nitrogen functional groups attached to an aromatic ring is 1. The maximum absolute atomic E-state index is 11.8. The van der Waals surface area contributed by atoms with E-state index in [1.54, 1.807) is 6.26 Å². The molecule has 0 unspecified atom stereocenters. The number of nitrogens with two attached hydrogens (primary N) is 1. The molecule has 3 heterocycles. The Balaban J connectivity index is 1.80. The predicted molar refractivity (Wildman–Crippen MR) is 99.9 cm³/mol. The van der Waals surface area contributed by atoms with E-state index in [-0.39, 0.29) is 17.0 Å². The summed E-state index contributed by atoms with van der Waals surface area (Å²) >= 11 is 1.23. The highest BCUT2D eigenvalue weighted by atomic mass is 32.2. The highest BCUT2D eigenvalue weighted by Crippen LogP contribution is 2.57. The van der Waals surface area contributed by atoms with Crippen LogP contribution in [0.1, 0.15) is 6.23 Å². The molecule has 1 aliphatic heterocycles. The largest absolute Gasteiger partial charge is 0.474 e. The molecule has 1 saturated heterocycles. The number of ether oxygens (including phenoxy) is 1. The van der Waals surface area contributed by atoms with Gasteiger partial charge in [-0.1, -0.05) is 11.8 Å². The summed E-state index contributed by atoms with van der Waals surface area (Å²) in [6, 6.07) is 0. The number of aliphatic hydroxyl groups excluding tert-OH is 2. The molecule has 6 N–H and O–H groups in total. The molecular formula is C11H16BN5O9P2S-. The molecule has 1 fully saturated rings.